The lowest BCUT2D eigenvalue weighted by Gasteiger charge is -2.18. The van der Waals surface area contributed by atoms with Gasteiger partial charge in [0.05, 0.1) is 15.9 Å². The number of carbonyl (C=O) groups excluding carboxylic acids is 1. The van der Waals surface area contributed by atoms with Gasteiger partial charge in [0.25, 0.3) is 0 Å². The topological polar surface area (TPSA) is 84.3 Å². The van der Waals surface area contributed by atoms with E-state index in [0.29, 0.717) is 31.6 Å². The van der Waals surface area contributed by atoms with Gasteiger partial charge in [-0.05, 0) is 55.6 Å². The van der Waals surface area contributed by atoms with Crippen molar-refractivity contribution in [2.24, 2.45) is 0 Å². The van der Waals surface area contributed by atoms with E-state index in [1.165, 1.54) is 4.31 Å². The number of hydrogen-bond donors (Lipinski definition) is 1. The van der Waals surface area contributed by atoms with E-state index in [1.807, 2.05) is 55.9 Å². The van der Waals surface area contributed by atoms with Crippen LogP contribution in [0.25, 0.3) is 11.0 Å². The summed E-state index contributed by atoms with van der Waals surface area (Å²) in [7, 11) is -3.55. The molecular formula is C23H30N4O3S2. The maximum atomic E-state index is 12.9. The van der Waals surface area contributed by atoms with Crippen LogP contribution in [-0.4, -0.2) is 47.5 Å². The molecule has 0 unspecified atom stereocenters. The van der Waals surface area contributed by atoms with Gasteiger partial charge in [0.1, 0.15) is 5.82 Å². The summed E-state index contributed by atoms with van der Waals surface area (Å²) in [5.74, 6) is 0.689. The number of hydrogen-bond acceptors (Lipinski definition) is 5. The SMILES string of the molecule is CCN(CC)S(=O)(=O)c1ccc2c(c1)nc(CCC(=O)Nc1ccc(SC)cc1)n2CC. The standard InChI is InChI=1S/C23H30N4O3S2/c1-5-26(6-2)32(29,30)19-12-13-21-20(16-19)25-22(27(21)7-3)14-15-23(28)24-17-8-10-18(31-4)11-9-17/h8-13,16H,5-7,14-15H2,1-4H3,(H,24,28). The Balaban J connectivity index is 1.78. The summed E-state index contributed by atoms with van der Waals surface area (Å²) < 4.78 is 29.2. The minimum atomic E-state index is -3.55. The second kappa shape index (κ2) is 10.5. The molecule has 3 aromatic rings. The van der Waals surface area contributed by atoms with Gasteiger partial charge in [-0.2, -0.15) is 4.31 Å². The van der Waals surface area contributed by atoms with Crippen molar-refractivity contribution in [3.05, 3.63) is 48.3 Å². The first kappa shape index (κ1) is 24.3. The molecule has 0 atom stereocenters. The number of benzene rings is 2. The second-order valence-electron chi connectivity index (χ2n) is 7.29. The van der Waals surface area contributed by atoms with Crippen LogP contribution in [0.5, 0.6) is 0 Å². The van der Waals surface area contributed by atoms with E-state index in [9.17, 15) is 13.2 Å². The van der Waals surface area contributed by atoms with E-state index in [1.54, 1.807) is 30.0 Å². The Morgan fingerprint density at radius 2 is 1.78 bits per heavy atom. The van der Waals surface area contributed by atoms with Crippen LogP contribution in [0.2, 0.25) is 0 Å². The third kappa shape index (κ3) is 5.16. The van der Waals surface area contributed by atoms with Gasteiger partial charge < -0.3 is 9.88 Å². The number of aromatic nitrogens is 2. The zero-order chi connectivity index (χ0) is 23.3. The molecule has 7 nitrogen and oxygen atoms in total. The van der Waals surface area contributed by atoms with Crippen molar-refractivity contribution >= 4 is 44.4 Å². The van der Waals surface area contributed by atoms with Gasteiger partial charge >= 0.3 is 0 Å². The van der Waals surface area contributed by atoms with Crippen molar-refractivity contribution in [2.45, 2.75) is 49.9 Å². The Bertz CT molecular complexity index is 1180. The van der Waals surface area contributed by atoms with Gasteiger partial charge in [-0.15, -0.1) is 11.8 Å². The summed E-state index contributed by atoms with van der Waals surface area (Å²) in [6, 6.07) is 12.8. The van der Waals surface area contributed by atoms with E-state index in [4.69, 9.17) is 0 Å². The fraction of sp³-hybridized carbons (Fsp3) is 0.391. The molecule has 172 valence electrons. The molecule has 0 saturated carbocycles. The second-order valence-corrected chi connectivity index (χ2v) is 10.1. The van der Waals surface area contributed by atoms with Crippen LogP contribution in [0.3, 0.4) is 0 Å². The number of rotatable bonds is 10. The number of aryl methyl sites for hydroxylation is 2. The summed E-state index contributed by atoms with van der Waals surface area (Å²) in [6.45, 7) is 7.18. The summed E-state index contributed by atoms with van der Waals surface area (Å²) in [5, 5.41) is 2.92. The summed E-state index contributed by atoms with van der Waals surface area (Å²) in [5.41, 5.74) is 2.26. The van der Waals surface area contributed by atoms with Crippen molar-refractivity contribution in [2.75, 3.05) is 24.7 Å². The lowest BCUT2D eigenvalue weighted by Crippen LogP contribution is -2.30. The molecule has 1 aromatic heterocycles. The van der Waals surface area contributed by atoms with Crippen LogP contribution in [-0.2, 0) is 27.8 Å². The Kier molecular flexibility index (Phi) is 7.97. The lowest BCUT2D eigenvalue weighted by atomic mass is 10.2. The predicted molar refractivity (Wildman–Crippen MR) is 131 cm³/mol. The highest BCUT2D eigenvalue weighted by atomic mass is 32.2. The molecular weight excluding hydrogens is 444 g/mol. The number of nitrogens with zero attached hydrogens (tertiary/aromatic N) is 3. The first-order valence-corrected chi connectivity index (χ1v) is 13.4. The zero-order valence-electron chi connectivity index (χ0n) is 19.0. The van der Waals surface area contributed by atoms with Crippen LogP contribution < -0.4 is 5.32 Å². The van der Waals surface area contributed by atoms with Crippen molar-refractivity contribution < 1.29 is 13.2 Å². The molecule has 0 aliphatic carbocycles. The average Bonchev–Trinajstić information content (AvgIpc) is 3.15. The van der Waals surface area contributed by atoms with Crippen LogP contribution in [0.1, 0.15) is 33.0 Å². The van der Waals surface area contributed by atoms with Gasteiger partial charge in [-0.25, -0.2) is 13.4 Å². The molecule has 9 heteroatoms. The van der Waals surface area contributed by atoms with Crippen LogP contribution in [0, 0.1) is 0 Å². The van der Waals surface area contributed by atoms with E-state index in [0.717, 1.165) is 21.9 Å². The third-order valence-corrected chi connectivity index (χ3v) is 8.20. The molecule has 0 spiro atoms. The summed E-state index contributed by atoms with van der Waals surface area (Å²) >= 11 is 1.65. The number of carbonyl (C=O) groups is 1. The largest absolute Gasteiger partial charge is 0.328 e. The number of sulfonamides is 1. The van der Waals surface area contributed by atoms with E-state index in [2.05, 4.69) is 10.3 Å². The quantitative estimate of drug-likeness (QED) is 0.441. The fourth-order valence-electron chi connectivity index (χ4n) is 3.70. The van der Waals surface area contributed by atoms with Crippen molar-refractivity contribution in [1.29, 1.82) is 0 Å². The van der Waals surface area contributed by atoms with Gasteiger partial charge in [-0.3, -0.25) is 4.79 Å². The first-order chi connectivity index (χ1) is 15.3. The number of thioether (sulfide) groups is 1. The maximum Gasteiger partial charge on any atom is 0.243 e. The van der Waals surface area contributed by atoms with Crippen molar-refractivity contribution in [1.82, 2.24) is 13.9 Å². The Hall–Kier alpha value is -2.36. The molecule has 1 heterocycles. The average molecular weight is 475 g/mol. The highest BCUT2D eigenvalue weighted by Crippen LogP contribution is 2.24. The molecule has 0 radical (unpaired) electrons. The predicted octanol–water partition coefficient (Wildman–Crippen LogP) is 4.38. The minimum Gasteiger partial charge on any atom is -0.328 e. The molecule has 1 N–H and O–H groups in total. The Labute approximate surface area is 194 Å². The van der Waals surface area contributed by atoms with Gasteiger partial charge in [0, 0.05) is 43.1 Å². The molecule has 0 fully saturated rings. The minimum absolute atomic E-state index is 0.0820. The van der Waals surface area contributed by atoms with Gasteiger partial charge in [0.2, 0.25) is 15.9 Å². The van der Waals surface area contributed by atoms with E-state index >= 15 is 0 Å². The fourth-order valence-corrected chi connectivity index (χ4v) is 5.59. The number of anilines is 1. The van der Waals surface area contributed by atoms with Gasteiger partial charge in [-0.1, -0.05) is 13.8 Å². The molecule has 0 aliphatic rings. The molecule has 2 aromatic carbocycles. The Morgan fingerprint density at radius 3 is 2.38 bits per heavy atom. The monoisotopic (exact) mass is 474 g/mol. The Morgan fingerprint density at radius 1 is 1.09 bits per heavy atom. The van der Waals surface area contributed by atoms with Crippen molar-refractivity contribution in [3.63, 3.8) is 0 Å². The lowest BCUT2D eigenvalue weighted by molar-refractivity contribution is -0.116. The molecule has 0 saturated heterocycles. The highest BCUT2D eigenvalue weighted by Gasteiger charge is 2.23. The van der Waals surface area contributed by atoms with Crippen LogP contribution in [0.4, 0.5) is 5.69 Å². The first-order valence-electron chi connectivity index (χ1n) is 10.8. The number of nitrogens with one attached hydrogen (secondary N) is 1. The molecule has 0 bridgehead atoms. The molecule has 1 amide bonds. The summed E-state index contributed by atoms with van der Waals surface area (Å²) in [6.07, 6.45) is 2.77. The molecule has 32 heavy (non-hydrogen) atoms. The zero-order valence-corrected chi connectivity index (χ0v) is 20.6. The third-order valence-electron chi connectivity index (χ3n) is 5.41. The normalized spacial score (nSPS) is 11.9. The van der Waals surface area contributed by atoms with Crippen LogP contribution in [0.15, 0.2) is 52.3 Å². The number of imidazole rings is 1. The smallest absolute Gasteiger partial charge is 0.243 e. The highest BCUT2D eigenvalue weighted by molar-refractivity contribution is 7.98. The van der Waals surface area contributed by atoms with Crippen molar-refractivity contribution in [3.8, 4) is 0 Å². The molecule has 0 aliphatic heterocycles. The van der Waals surface area contributed by atoms with E-state index < -0.39 is 10.0 Å². The van der Waals surface area contributed by atoms with E-state index in [-0.39, 0.29) is 17.2 Å². The molecule has 3 rings (SSSR count). The number of amides is 1. The van der Waals surface area contributed by atoms with Crippen LogP contribution >= 0.6 is 11.8 Å². The maximum absolute atomic E-state index is 12.9. The van der Waals surface area contributed by atoms with Gasteiger partial charge in [0.15, 0.2) is 0 Å². The summed E-state index contributed by atoms with van der Waals surface area (Å²) in [4.78, 5) is 18.5. The number of fused-ring (bicyclic) bond motifs is 1.